The minimum Gasteiger partial charge on any atom is -0.494 e. The van der Waals surface area contributed by atoms with E-state index in [-0.39, 0.29) is 23.7 Å². The molecule has 1 atom stereocenters. The molecule has 2 aromatic carbocycles. The van der Waals surface area contributed by atoms with Crippen molar-refractivity contribution < 1.29 is 13.9 Å². The molecule has 1 aliphatic heterocycles. The maximum absolute atomic E-state index is 14.2. The molecule has 7 nitrogen and oxygen atoms in total. The lowest BCUT2D eigenvalue weighted by molar-refractivity contribution is 0.380. The average Bonchev–Trinajstić information content (AvgIpc) is 3.34. The van der Waals surface area contributed by atoms with Gasteiger partial charge in [0.25, 0.3) is 5.56 Å². The first kappa shape index (κ1) is 24.7. The van der Waals surface area contributed by atoms with Crippen LogP contribution in [0.1, 0.15) is 40.8 Å². The van der Waals surface area contributed by atoms with E-state index in [0.717, 1.165) is 33.9 Å². The Labute approximate surface area is 223 Å². The summed E-state index contributed by atoms with van der Waals surface area (Å²) in [5.41, 5.74) is 5.03. The van der Waals surface area contributed by atoms with Crippen molar-refractivity contribution in [3.63, 3.8) is 0 Å². The normalized spacial score (nSPS) is 14.2. The minimum absolute atomic E-state index is 0.104. The lowest BCUT2D eigenvalue weighted by Gasteiger charge is -2.29. The van der Waals surface area contributed by atoms with Gasteiger partial charge in [-0.1, -0.05) is 24.3 Å². The second-order valence-electron chi connectivity index (χ2n) is 9.76. The Morgan fingerprint density at radius 1 is 1.08 bits per heavy atom. The maximum atomic E-state index is 14.2. The van der Waals surface area contributed by atoms with Crippen LogP contribution >= 0.6 is 0 Å². The predicted molar refractivity (Wildman–Crippen MR) is 142 cm³/mol. The maximum Gasteiger partial charge on any atom is 0.280 e. The molecule has 0 amide bonds. The molecule has 0 saturated heterocycles. The molecule has 196 valence electrons. The molecular formula is C30H25F2N5O2. The van der Waals surface area contributed by atoms with Crippen LogP contribution in [0.4, 0.5) is 8.78 Å². The van der Waals surface area contributed by atoms with Gasteiger partial charge in [-0.05, 0) is 59.9 Å². The van der Waals surface area contributed by atoms with Gasteiger partial charge in [0.2, 0.25) is 5.88 Å². The SMILES string of the molecule is CCn1cc2c(n1)-c1nc(=O)c(Cc3ccc(-c4ccncc4C)cc3)c(O)n1[C@H](c1cc(F)cc(F)c1)C2. The van der Waals surface area contributed by atoms with Crippen molar-refractivity contribution in [3.8, 4) is 28.5 Å². The molecule has 0 saturated carbocycles. The van der Waals surface area contributed by atoms with Gasteiger partial charge in [-0.2, -0.15) is 10.1 Å². The molecule has 5 aromatic rings. The van der Waals surface area contributed by atoms with Gasteiger partial charge in [-0.3, -0.25) is 19.0 Å². The van der Waals surface area contributed by atoms with Crippen LogP contribution in [0.3, 0.4) is 0 Å². The van der Waals surface area contributed by atoms with Crippen LogP contribution < -0.4 is 5.56 Å². The highest BCUT2D eigenvalue weighted by Gasteiger charge is 2.33. The zero-order valence-corrected chi connectivity index (χ0v) is 21.4. The van der Waals surface area contributed by atoms with E-state index in [9.17, 15) is 18.7 Å². The van der Waals surface area contributed by atoms with E-state index < -0.39 is 23.2 Å². The van der Waals surface area contributed by atoms with Crippen LogP contribution in [0.2, 0.25) is 0 Å². The second kappa shape index (κ2) is 9.58. The number of aryl methyl sites for hydroxylation is 2. The van der Waals surface area contributed by atoms with E-state index in [0.29, 0.717) is 24.2 Å². The molecule has 0 unspecified atom stereocenters. The average molecular weight is 526 g/mol. The molecule has 39 heavy (non-hydrogen) atoms. The van der Waals surface area contributed by atoms with Crippen molar-refractivity contribution in [2.24, 2.45) is 0 Å². The molecule has 1 N–H and O–H groups in total. The first-order valence-electron chi connectivity index (χ1n) is 12.7. The predicted octanol–water partition coefficient (Wildman–Crippen LogP) is 5.22. The van der Waals surface area contributed by atoms with Gasteiger partial charge in [0, 0.05) is 49.6 Å². The van der Waals surface area contributed by atoms with Gasteiger partial charge in [-0.25, -0.2) is 8.78 Å². The molecule has 9 heteroatoms. The number of benzene rings is 2. The van der Waals surface area contributed by atoms with Crippen LogP contribution in [-0.2, 0) is 19.4 Å². The van der Waals surface area contributed by atoms with Crippen molar-refractivity contribution in [2.45, 2.75) is 39.3 Å². The van der Waals surface area contributed by atoms with Crippen molar-refractivity contribution in [2.75, 3.05) is 0 Å². The number of nitrogens with zero attached hydrogens (tertiary/aromatic N) is 5. The summed E-state index contributed by atoms with van der Waals surface area (Å²) in [6.45, 7) is 4.51. The van der Waals surface area contributed by atoms with E-state index in [4.69, 9.17) is 0 Å². The summed E-state index contributed by atoms with van der Waals surface area (Å²) in [4.78, 5) is 21.7. The van der Waals surface area contributed by atoms with Crippen LogP contribution in [-0.4, -0.2) is 29.4 Å². The molecule has 3 aromatic heterocycles. The summed E-state index contributed by atoms with van der Waals surface area (Å²) < 4.78 is 31.7. The number of pyridine rings is 1. The topological polar surface area (TPSA) is 85.8 Å². The van der Waals surface area contributed by atoms with Gasteiger partial charge in [-0.15, -0.1) is 0 Å². The number of rotatable bonds is 5. The standard InChI is InChI=1S/C30H25F2N5O2/c1-3-36-16-21-13-26(20-11-22(31)14-23(32)12-20)37-28(27(21)35-36)34-29(38)25(30(37)39)10-18-4-6-19(7-5-18)24-8-9-33-15-17(24)2/h4-9,11-12,14-16,26,39H,3,10,13H2,1-2H3/t26-/m0/s1. The quantitative estimate of drug-likeness (QED) is 0.340. The fourth-order valence-corrected chi connectivity index (χ4v) is 5.28. The highest BCUT2D eigenvalue weighted by Crippen LogP contribution is 2.40. The molecule has 6 rings (SSSR count). The smallest absolute Gasteiger partial charge is 0.280 e. The zero-order chi connectivity index (χ0) is 27.3. The highest BCUT2D eigenvalue weighted by atomic mass is 19.1. The van der Waals surface area contributed by atoms with Crippen molar-refractivity contribution >= 4 is 0 Å². The van der Waals surface area contributed by atoms with Gasteiger partial charge in [0.1, 0.15) is 17.3 Å². The van der Waals surface area contributed by atoms with E-state index in [1.165, 1.54) is 16.7 Å². The number of hydrogen-bond donors (Lipinski definition) is 1. The Hall–Kier alpha value is -4.66. The molecule has 0 spiro atoms. The fraction of sp³-hybridized carbons (Fsp3) is 0.200. The molecule has 0 aliphatic carbocycles. The third-order valence-corrected chi connectivity index (χ3v) is 7.23. The van der Waals surface area contributed by atoms with Crippen LogP contribution in [0.5, 0.6) is 5.88 Å². The van der Waals surface area contributed by atoms with Crippen LogP contribution in [0.25, 0.3) is 22.6 Å². The second-order valence-corrected chi connectivity index (χ2v) is 9.76. The summed E-state index contributed by atoms with van der Waals surface area (Å²) in [6, 6.07) is 12.3. The van der Waals surface area contributed by atoms with E-state index in [2.05, 4.69) is 15.1 Å². The zero-order valence-electron chi connectivity index (χ0n) is 21.4. The van der Waals surface area contributed by atoms with Crippen molar-refractivity contribution in [1.82, 2.24) is 24.3 Å². The number of aromatic hydroxyl groups is 1. The number of hydrogen-bond acceptors (Lipinski definition) is 5. The van der Waals surface area contributed by atoms with Crippen molar-refractivity contribution in [1.29, 1.82) is 0 Å². The molecular weight excluding hydrogens is 500 g/mol. The highest BCUT2D eigenvalue weighted by molar-refractivity contribution is 5.67. The Balaban J connectivity index is 1.45. The number of fused-ring (bicyclic) bond motifs is 3. The first-order chi connectivity index (χ1) is 18.8. The Morgan fingerprint density at radius 2 is 1.82 bits per heavy atom. The van der Waals surface area contributed by atoms with Crippen LogP contribution in [0, 0.1) is 18.6 Å². The molecule has 0 radical (unpaired) electrons. The molecule has 1 aliphatic rings. The largest absolute Gasteiger partial charge is 0.494 e. The summed E-state index contributed by atoms with van der Waals surface area (Å²) in [7, 11) is 0. The molecule has 4 heterocycles. The summed E-state index contributed by atoms with van der Waals surface area (Å²) in [5.74, 6) is -1.56. The third kappa shape index (κ3) is 4.39. The van der Waals surface area contributed by atoms with E-state index >= 15 is 0 Å². The van der Waals surface area contributed by atoms with Gasteiger partial charge >= 0.3 is 0 Å². The first-order valence-corrected chi connectivity index (χ1v) is 12.7. The monoisotopic (exact) mass is 525 g/mol. The lowest BCUT2D eigenvalue weighted by atomic mass is 9.94. The Kier molecular flexibility index (Phi) is 6.06. The van der Waals surface area contributed by atoms with E-state index in [1.54, 1.807) is 17.1 Å². The minimum atomic E-state index is -0.722. The lowest BCUT2D eigenvalue weighted by Crippen LogP contribution is -2.28. The van der Waals surface area contributed by atoms with Gasteiger partial charge in [0.05, 0.1) is 11.6 Å². The third-order valence-electron chi connectivity index (χ3n) is 7.23. The number of aromatic nitrogens is 5. The Morgan fingerprint density at radius 3 is 2.51 bits per heavy atom. The van der Waals surface area contributed by atoms with Gasteiger partial charge < -0.3 is 5.11 Å². The fourth-order valence-electron chi connectivity index (χ4n) is 5.28. The Bertz CT molecular complexity index is 1760. The summed E-state index contributed by atoms with van der Waals surface area (Å²) >= 11 is 0. The van der Waals surface area contributed by atoms with Crippen LogP contribution in [0.15, 0.2) is 71.9 Å². The summed E-state index contributed by atoms with van der Waals surface area (Å²) in [5, 5.41) is 16.0. The number of halogens is 2. The van der Waals surface area contributed by atoms with Gasteiger partial charge in [0.15, 0.2) is 5.82 Å². The molecule has 0 fully saturated rings. The molecule has 0 bridgehead atoms. The summed E-state index contributed by atoms with van der Waals surface area (Å²) in [6.07, 6.45) is 5.84. The van der Waals surface area contributed by atoms with Crippen molar-refractivity contribution in [3.05, 3.63) is 117 Å². The van der Waals surface area contributed by atoms with E-state index in [1.807, 2.05) is 50.4 Å².